The van der Waals surface area contributed by atoms with Gasteiger partial charge in [0.25, 0.3) is 0 Å². The molecule has 1 aromatic heterocycles. The van der Waals surface area contributed by atoms with Gasteiger partial charge in [0.05, 0.1) is 11.6 Å². The zero-order valence-electron chi connectivity index (χ0n) is 11.0. The molecule has 0 aliphatic heterocycles. The van der Waals surface area contributed by atoms with Crippen molar-refractivity contribution in [2.24, 2.45) is 0 Å². The molecule has 0 fully saturated rings. The van der Waals surface area contributed by atoms with Crippen molar-refractivity contribution in [3.05, 3.63) is 65.0 Å². The molecule has 2 nitrogen and oxygen atoms in total. The standard InChI is InChI=1S/C16H17NO/c1-11-7-8-12(2)14(10-11)16(18)13(3)15-6-4-5-9-17-15/h4-10,13H,1-3H3. The van der Waals surface area contributed by atoms with Gasteiger partial charge in [-0.1, -0.05) is 23.8 Å². The number of carbonyl (C=O) groups is 1. The minimum absolute atomic E-state index is 0.134. The summed E-state index contributed by atoms with van der Waals surface area (Å²) >= 11 is 0. The number of benzene rings is 1. The maximum atomic E-state index is 12.5. The van der Waals surface area contributed by atoms with Crippen molar-refractivity contribution < 1.29 is 4.79 Å². The van der Waals surface area contributed by atoms with Gasteiger partial charge in [0.1, 0.15) is 0 Å². The second-order valence-corrected chi connectivity index (χ2v) is 4.66. The van der Waals surface area contributed by atoms with Crippen LogP contribution < -0.4 is 0 Å². The average molecular weight is 239 g/mol. The molecular weight excluding hydrogens is 222 g/mol. The Morgan fingerprint density at radius 1 is 1.17 bits per heavy atom. The molecule has 2 aromatic rings. The van der Waals surface area contributed by atoms with Gasteiger partial charge in [-0.3, -0.25) is 9.78 Å². The molecular formula is C16H17NO. The summed E-state index contributed by atoms with van der Waals surface area (Å²) in [5.41, 5.74) is 3.75. The van der Waals surface area contributed by atoms with Crippen molar-refractivity contribution in [1.82, 2.24) is 4.98 Å². The van der Waals surface area contributed by atoms with Gasteiger partial charge < -0.3 is 0 Å². The molecule has 0 saturated heterocycles. The van der Waals surface area contributed by atoms with Crippen molar-refractivity contribution in [2.45, 2.75) is 26.7 Å². The lowest BCUT2D eigenvalue weighted by Gasteiger charge is -2.12. The average Bonchev–Trinajstić information content (AvgIpc) is 2.41. The first-order valence-corrected chi connectivity index (χ1v) is 6.12. The lowest BCUT2D eigenvalue weighted by molar-refractivity contribution is 0.0964. The smallest absolute Gasteiger partial charge is 0.171 e. The molecule has 0 spiro atoms. The van der Waals surface area contributed by atoms with Crippen molar-refractivity contribution in [3.63, 3.8) is 0 Å². The number of hydrogen-bond acceptors (Lipinski definition) is 2. The number of aromatic nitrogens is 1. The first-order valence-electron chi connectivity index (χ1n) is 6.12. The zero-order valence-corrected chi connectivity index (χ0v) is 11.0. The molecule has 0 radical (unpaired) electrons. The van der Waals surface area contributed by atoms with E-state index in [1.165, 1.54) is 0 Å². The summed E-state index contributed by atoms with van der Waals surface area (Å²) in [7, 11) is 0. The molecule has 0 N–H and O–H groups in total. The Labute approximate surface area is 108 Å². The van der Waals surface area contributed by atoms with Crippen LogP contribution >= 0.6 is 0 Å². The van der Waals surface area contributed by atoms with Crippen LogP contribution in [0, 0.1) is 13.8 Å². The molecule has 1 unspecified atom stereocenters. The Morgan fingerprint density at radius 2 is 1.94 bits per heavy atom. The number of ketones is 1. The molecule has 0 aliphatic carbocycles. The van der Waals surface area contributed by atoms with E-state index in [0.29, 0.717) is 0 Å². The van der Waals surface area contributed by atoms with Gasteiger partial charge in [0.15, 0.2) is 5.78 Å². The zero-order chi connectivity index (χ0) is 13.1. The van der Waals surface area contributed by atoms with Crippen LogP contribution in [-0.2, 0) is 0 Å². The monoisotopic (exact) mass is 239 g/mol. The van der Waals surface area contributed by atoms with Crippen LogP contribution in [0.2, 0.25) is 0 Å². The fourth-order valence-electron chi connectivity index (χ4n) is 2.00. The second-order valence-electron chi connectivity index (χ2n) is 4.66. The van der Waals surface area contributed by atoms with E-state index in [2.05, 4.69) is 4.98 Å². The van der Waals surface area contributed by atoms with Gasteiger partial charge in [0, 0.05) is 11.8 Å². The molecule has 0 amide bonds. The summed E-state index contributed by atoms with van der Waals surface area (Å²) in [6, 6.07) is 11.6. The largest absolute Gasteiger partial charge is 0.293 e. The van der Waals surface area contributed by atoms with Gasteiger partial charge in [-0.15, -0.1) is 0 Å². The molecule has 92 valence electrons. The fourth-order valence-corrected chi connectivity index (χ4v) is 2.00. The molecule has 1 atom stereocenters. The number of Topliss-reactive ketones (excluding diaryl/α,β-unsaturated/α-hetero) is 1. The third-order valence-electron chi connectivity index (χ3n) is 3.18. The maximum Gasteiger partial charge on any atom is 0.171 e. The van der Waals surface area contributed by atoms with Crippen molar-refractivity contribution in [3.8, 4) is 0 Å². The van der Waals surface area contributed by atoms with E-state index in [-0.39, 0.29) is 11.7 Å². The van der Waals surface area contributed by atoms with Gasteiger partial charge in [-0.05, 0) is 44.5 Å². The SMILES string of the molecule is Cc1ccc(C)c(C(=O)C(C)c2ccccn2)c1. The topological polar surface area (TPSA) is 30.0 Å². The van der Waals surface area contributed by atoms with Crippen LogP contribution in [-0.4, -0.2) is 10.8 Å². The summed E-state index contributed by atoms with van der Waals surface area (Å²) in [5.74, 6) is -0.0680. The summed E-state index contributed by atoms with van der Waals surface area (Å²) in [6.45, 7) is 5.88. The van der Waals surface area contributed by atoms with Crippen molar-refractivity contribution >= 4 is 5.78 Å². The summed E-state index contributed by atoms with van der Waals surface area (Å²) < 4.78 is 0. The van der Waals surface area contributed by atoms with Gasteiger partial charge >= 0.3 is 0 Å². The molecule has 0 aliphatic rings. The predicted octanol–water partition coefficient (Wildman–Crippen LogP) is 3.68. The molecule has 0 bridgehead atoms. The number of pyridine rings is 1. The van der Waals surface area contributed by atoms with Gasteiger partial charge in [-0.25, -0.2) is 0 Å². The minimum atomic E-state index is -0.202. The van der Waals surface area contributed by atoms with E-state index in [1.807, 2.05) is 57.2 Å². The molecule has 18 heavy (non-hydrogen) atoms. The van der Waals surface area contributed by atoms with Crippen LogP contribution in [0.5, 0.6) is 0 Å². The van der Waals surface area contributed by atoms with Crippen LogP contribution in [0.15, 0.2) is 42.6 Å². The number of nitrogens with zero attached hydrogens (tertiary/aromatic N) is 1. The third kappa shape index (κ3) is 2.48. The molecule has 1 heterocycles. The van der Waals surface area contributed by atoms with Crippen LogP contribution in [0.3, 0.4) is 0 Å². The fraction of sp³-hybridized carbons (Fsp3) is 0.250. The number of rotatable bonds is 3. The van der Waals surface area contributed by atoms with E-state index in [4.69, 9.17) is 0 Å². The van der Waals surface area contributed by atoms with Crippen LogP contribution in [0.4, 0.5) is 0 Å². The summed E-state index contributed by atoms with van der Waals surface area (Å²) in [6.07, 6.45) is 1.72. The lowest BCUT2D eigenvalue weighted by atomic mass is 9.92. The van der Waals surface area contributed by atoms with Gasteiger partial charge in [-0.2, -0.15) is 0 Å². The van der Waals surface area contributed by atoms with Gasteiger partial charge in [0.2, 0.25) is 0 Å². The van der Waals surface area contributed by atoms with Crippen LogP contribution in [0.1, 0.15) is 40.0 Å². The second kappa shape index (κ2) is 5.13. The predicted molar refractivity (Wildman–Crippen MR) is 72.9 cm³/mol. The quantitative estimate of drug-likeness (QED) is 0.765. The third-order valence-corrected chi connectivity index (χ3v) is 3.18. The number of carbonyl (C=O) groups excluding carboxylic acids is 1. The molecule has 2 heteroatoms. The number of aryl methyl sites for hydroxylation is 2. The molecule has 1 aromatic carbocycles. The van der Waals surface area contributed by atoms with E-state index in [1.54, 1.807) is 6.20 Å². The Kier molecular flexibility index (Phi) is 3.56. The molecule has 2 rings (SSSR count). The van der Waals surface area contributed by atoms with Crippen LogP contribution in [0.25, 0.3) is 0 Å². The Bertz CT molecular complexity index is 561. The highest BCUT2D eigenvalue weighted by molar-refractivity contribution is 6.01. The molecule has 0 saturated carbocycles. The van der Waals surface area contributed by atoms with E-state index >= 15 is 0 Å². The summed E-state index contributed by atoms with van der Waals surface area (Å²) in [5, 5.41) is 0. The Hall–Kier alpha value is -1.96. The lowest BCUT2D eigenvalue weighted by Crippen LogP contribution is -2.12. The van der Waals surface area contributed by atoms with E-state index < -0.39 is 0 Å². The summed E-state index contributed by atoms with van der Waals surface area (Å²) in [4.78, 5) is 16.7. The highest BCUT2D eigenvalue weighted by Crippen LogP contribution is 2.21. The Morgan fingerprint density at radius 3 is 2.61 bits per heavy atom. The Balaban J connectivity index is 2.34. The highest BCUT2D eigenvalue weighted by Gasteiger charge is 2.19. The number of hydrogen-bond donors (Lipinski definition) is 0. The minimum Gasteiger partial charge on any atom is -0.293 e. The highest BCUT2D eigenvalue weighted by atomic mass is 16.1. The first kappa shape index (κ1) is 12.5. The van der Waals surface area contributed by atoms with Crippen molar-refractivity contribution in [2.75, 3.05) is 0 Å². The van der Waals surface area contributed by atoms with E-state index in [9.17, 15) is 4.79 Å². The first-order chi connectivity index (χ1) is 8.59. The van der Waals surface area contributed by atoms with Crippen molar-refractivity contribution in [1.29, 1.82) is 0 Å². The maximum absolute atomic E-state index is 12.5. The normalized spacial score (nSPS) is 12.2. The van der Waals surface area contributed by atoms with E-state index in [0.717, 1.165) is 22.4 Å².